The summed E-state index contributed by atoms with van der Waals surface area (Å²) in [4.78, 5) is 8.02. The van der Waals surface area contributed by atoms with E-state index in [0.717, 1.165) is 47.4 Å². The second-order valence-corrected chi connectivity index (χ2v) is 7.09. The second kappa shape index (κ2) is 10.2. The van der Waals surface area contributed by atoms with Gasteiger partial charge in [-0.2, -0.15) is 5.10 Å². The summed E-state index contributed by atoms with van der Waals surface area (Å²) in [6, 6.07) is 5.93. The number of guanidine groups is 1. The van der Waals surface area contributed by atoms with Gasteiger partial charge in [0, 0.05) is 53.5 Å². The van der Waals surface area contributed by atoms with E-state index in [2.05, 4.69) is 40.8 Å². The Morgan fingerprint density at radius 1 is 1.29 bits per heavy atom. The van der Waals surface area contributed by atoms with Crippen molar-refractivity contribution in [3.63, 3.8) is 0 Å². The predicted octanol–water partition coefficient (Wildman–Crippen LogP) is 4.09. The van der Waals surface area contributed by atoms with Gasteiger partial charge >= 0.3 is 0 Å². The van der Waals surface area contributed by atoms with Gasteiger partial charge in [0.05, 0.1) is 12.2 Å². The van der Waals surface area contributed by atoms with E-state index in [1.165, 1.54) is 16.5 Å². The topological polar surface area (TPSA) is 70.0 Å². The molecule has 0 amide bonds. The van der Waals surface area contributed by atoms with E-state index in [-0.39, 0.29) is 24.0 Å². The lowest BCUT2D eigenvalue weighted by molar-refractivity contribution is 0.730. The molecule has 0 aliphatic rings. The van der Waals surface area contributed by atoms with Crippen molar-refractivity contribution >= 4 is 52.4 Å². The zero-order valence-electron chi connectivity index (χ0n) is 16.8. The van der Waals surface area contributed by atoms with Gasteiger partial charge in [-0.1, -0.05) is 11.6 Å². The van der Waals surface area contributed by atoms with E-state index in [1.54, 1.807) is 0 Å². The molecular formula is C20H28ClIN6. The maximum Gasteiger partial charge on any atom is 0.191 e. The smallest absolute Gasteiger partial charge is 0.191 e. The highest BCUT2D eigenvalue weighted by atomic mass is 127. The number of aliphatic imine (C=N–C) groups is 1. The minimum atomic E-state index is 0. The number of aromatic nitrogens is 3. The van der Waals surface area contributed by atoms with E-state index < -0.39 is 0 Å². The van der Waals surface area contributed by atoms with Crippen molar-refractivity contribution in [3.8, 4) is 0 Å². The highest BCUT2D eigenvalue weighted by molar-refractivity contribution is 14.0. The number of H-pyrrole nitrogens is 1. The molecule has 3 N–H and O–H groups in total. The summed E-state index contributed by atoms with van der Waals surface area (Å²) >= 11 is 6.13. The minimum absolute atomic E-state index is 0. The summed E-state index contributed by atoms with van der Waals surface area (Å²) in [5, 5.41) is 13.1. The highest BCUT2D eigenvalue weighted by Crippen LogP contribution is 2.22. The molecule has 0 saturated heterocycles. The van der Waals surface area contributed by atoms with Crippen LogP contribution in [0.4, 0.5) is 0 Å². The van der Waals surface area contributed by atoms with Crippen molar-refractivity contribution in [2.75, 3.05) is 13.1 Å². The van der Waals surface area contributed by atoms with Crippen LogP contribution in [0, 0.1) is 13.8 Å². The quantitative estimate of drug-likeness (QED) is 0.264. The van der Waals surface area contributed by atoms with Crippen LogP contribution < -0.4 is 10.6 Å². The molecule has 0 spiro atoms. The molecule has 0 bridgehead atoms. The first-order valence-electron chi connectivity index (χ1n) is 9.26. The molecule has 3 rings (SSSR count). The van der Waals surface area contributed by atoms with Gasteiger partial charge in [0.25, 0.3) is 0 Å². The standard InChI is InChI=1S/C20H27ClN6.HI/c1-5-22-20(25-12-18-13(2)26-27(4)14(18)3)23-9-8-15-11-24-19-7-6-16(21)10-17(15)19;/h6-7,10-11,24H,5,8-9,12H2,1-4H3,(H2,22,23,25);1H. The molecule has 152 valence electrons. The number of nitrogens with zero attached hydrogens (tertiary/aromatic N) is 3. The first-order chi connectivity index (χ1) is 13.0. The van der Waals surface area contributed by atoms with Crippen LogP contribution in [0.1, 0.15) is 29.4 Å². The van der Waals surface area contributed by atoms with Crippen LogP contribution in [-0.2, 0) is 20.0 Å². The Morgan fingerprint density at radius 3 is 2.75 bits per heavy atom. The molecule has 0 radical (unpaired) electrons. The van der Waals surface area contributed by atoms with Gasteiger partial charge in [0.15, 0.2) is 5.96 Å². The summed E-state index contributed by atoms with van der Waals surface area (Å²) in [6.07, 6.45) is 2.94. The maximum atomic E-state index is 6.13. The van der Waals surface area contributed by atoms with Crippen molar-refractivity contribution in [3.05, 3.63) is 51.9 Å². The molecule has 0 aliphatic heterocycles. The van der Waals surface area contributed by atoms with E-state index in [1.807, 2.05) is 36.9 Å². The van der Waals surface area contributed by atoms with Gasteiger partial charge in [-0.3, -0.25) is 4.68 Å². The van der Waals surface area contributed by atoms with Gasteiger partial charge in [-0.25, -0.2) is 4.99 Å². The number of benzene rings is 1. The van der Waals surface area contributed by atoms with Gasteiger partial charge in [-0.15, -0.1) is 24.0 Å². The van der Waals surface area contributed by atoms with E-state index in [0.29, 0.717) is 6.54 Å². The SMILES string of the molecule is CCNC(=NCc1c(C)nn(C)c1C)NCCc1c[nH]c2ccc(Cl)cc12.I. The predicted molar refractivity (Wildman–Crippen MR) is 128 cm³/mol. The zero-order chi connectivity index (χ0) is 19.4. The first-order valence-corrected chi connectivity index (χ1v) is 9.64. The average Bonchev–Trinajstić information content (AvgIpc) is 3.14. The van der Waals surface area contributed by atoms with Gasteiger partial charge in [0.2, 0.25) is 0 Å². The number of fused-ring (bicyclic) bond motifs is 1. The van der Waals surface area contributed by atoms with E-state index in [4.69, 9.17) is 16.6 Å². The summed E-state index contributed by atoms with van der Waals surface area (Å²) in [6.45, 7) is 8.40. The Balaban J connectivity index is 0.00000280. The number of aromatic amines is 1. The number of halogens is 2. The molecule has 2 aromatic heterocycles. The largest absolute Gasteiger partial charge is 0.361 e. The van der Waals surface area contributed by atoms with Gasteiger partial charge < -0.3 is 15.6 Å². The summed E-state index contributed by atoms with van der Waals surface area (Å²) < 4.78 is 1.91. The zero-order valence-corrected chi connectivity index (χ0v) is 19.9. The van der Waals surface area contributed by atoms with Crippen molar-refractivity contribution in [1.29, 1.82) is 0 Å². The van der Waals surface area contributed by atoms with Crippen molar-refractivity contribution in [1.82, 2.24) is 25.4 Å². The van der Waals surface area contributed by atoms with Crippen LogP contribution in [0.2, 0.25) is 5.02 Å². The Bertz CT molecular complexity index is 959. The molecule has 0 atom stereocenters. The van der Waals surface area contributed by atoms with Crippen molar-refractivity contribution in [2.45, 2.75) is 33.7 Å². The summed E-state index contributed by atoms with van der Waals surface area (Å²) in [7, 11) is 1.96. The molecule has 2 heterocycles. The molecule has 28 heavy (non-hydrogen) atoms. The third-order valence-electron chi connectivity index (χ3n) is 4.81. The van der Waals surface area contributed by atoms with Gasteiger partial charge in [0.1, 0.15) is 0 Å². The summed E-state index contributed by atoms with van der Waals surface area (Å²) in [5.74, 6) is 0.818. The molecule has 0 unspecified atom stereocenters. The normalized spacial score (nSPS) is 11.5. The van der Waals surface area contributed by atoms with Crippen LogP contribution in [0.15, 0.2) is 29.4 Å². The Hall–Kier alpha value is -1.74. The van der Waals surface area contributed by atoms with Crippen LogP contribution in [0.3, 0.4) is 0 Å². The molecular weight excluding hydrogens is 487 g/mol. The maximum absolute atomic E-state index is 6.13. The Labute approximate surface area is 188 Å². The van der Waals surface area contributed by atoms with Crippen LogP contribution in [0.5, 0.6) is 0 Å². The number of aryl methyl sites for hydroxylation is 2. The molecule has 1 aromatic carbocycles. The van der Waals surface area contributed by atoms with Crippen LogP contribution in [-0.4, -0.2) is 33.8 Å². The van der Waals surface area contributed by atoms with E-state index >= 15 is 0 Å². The van der Waals surface area contributed by atoms with Crippen molar-refractivity contribution < 1.29 is 0 Å². The summed E-state index contributed by atoms with van der Waals surface area (Å²) in [5.41, 5.74) is 5.72. The fourth-order valence-electron chi connectivity index (χ4n) is 3.22. The third kappa shape index (κ3) is 5.20. The van der Waals surface area contributed by atoms with Crippen LogP contribution >= 0.6 is 35.6 Å². The average molecular weight is 515 g/mol. The molecule has 3 aromatic rings. The molecule has 6 nitrogen and oxygen atoms in total. The Morgan fingerprint density at radius 2 is 2.07 bits per heavy atom. The number of hydrogen-bond acceptors (Lipinski definition) is 2. The first kappa shape index (κ1) is 22.5. The highest BCUT2D eigenvalue weighted by Gasteiger charge is 2.09. The van der Waals surface area contributed by atoms with Crippen molar-refractivity contribution in [2.24, 2.45) is 12.0 Å². The minimum Gasteiger partial charge on any atom is -0.361 e. The lowest BCUT2D eigenvalue weighted by Crippen LogP contribution is -2.38. The number of rotatable bonds is 6. The lowest BCUT2D eigenvalue weighted by atomic mass is 10.1. The molecule has 0 fully saturated rings. The molecule has 0 aliphatic carbocycles. The second-order valence-electron chi connectivity index (χ2n) is 6.65. The Kier molecular flexibility index (Phi) is 8.18. The monoisotopic (exact) mass is 514 g/mol. The third-order valence-corrected chi connectivity index (χ3v) is 5.05. The van der Waals surface area contributed by atoms with Gasteiger partial charge in [-0.05, 0) is 51.0 Å². The number of nitrogens with one attached hydrogen (secondary N) is 3. The number of hydrogen-bond donors (Lipinski definition) is 3. The lowest BCUT2D eigenvalue weighted by Gasteiger charge is -2.11. The van der Waals surface area contributed by atoms with E-state index in [9.17, 15) is 0 Å². The fraction of sp³-hybridized carbons (Fsp3) is 0.400. The van der Waals surface area contributed by atoms with Crippen LogP contribution in [0.25, 0.3) is 10.9 Å². The molecule has 8 heteroatoms. The fourth-order valence-corrected chi connectivity index (χ4v) is 3.39. The molecule has 0 saturated carbocycles.